The maximum atomic E-state index is 13.6. The maximum absolute atomic E-state index is 13.6. The van der Waals surface area contributed by atoms with Crippen molar-refractivity contribution in [1.82, 2.24) is 10.2 Å². The average molecular weight is 512 g/mol. The van der Waals surface area contributed by atoms with Crippen LogP contribution < -0.4 is 11.1 Å². The highest BCUT2D eigenvalue weighted by molar-refractivity contribution is 6.00. The van der Waals surface area contributed by atoms with Crippen molar-refractivity contribution in [3.05, 3.63) is 83.4 Å². The molecule has 0 saturated heterocycles. The second kappa shape index (κ2) is 14.3. The fourth-order valence-corrected chi connectivity index (χ4v) is 4.01. The van der Waals surface area contributed by atoms with Gasteiger partial charge in [0.2, 0.25) is 5.91 Å². The van der Waals surface area contributed by atoms with Gasteiger partial charge in [-0.1, -0.05) is 74.4 Å². The van der Waals surface area contributed by atoms with Crippen LogP contribution in [0.4, 0.5) is 0 Å². The van der Waals surface area contributed by atoms with Gasteiger partial charge < -0.3 is 16.2 Å². The SMILES string of the molecule is CCCCCN(C(=O)CO)C(=O)C(CNC(=O)c1ccc(CN)cc1)c1ccc2ccccc2c1.Cl. The first kappa shape index (κ1) is 29.0. The van der Waals surface area contributed by atoms with Crippen LogP contribution in [0.3, 0.4) is 0 Å². The van der Waals surface area contributed by atoms with Gasteiger partial charge in [-0.05, 0) is 40.5 Å². The van der Waals surface area contributed by atoms with Crippen molar-refractivity contribution in [2.45, 2.75) is 38.6 Å². The molecule has 0 bridgehead atoms. The van der Waals surface area contributed by atoms with Gasteiger partial charge in [-0.3, -0.25) is 19.3 Å². The van der Waals surface area contributed by atoms with Crippen LogP contribution in [0.15, 0.2) is 66.7 Å². The Kier molecular flexibility index (Phi) is 11.5. The molecule has 0 aromatic heterocycles. The number of hydrogen-bond donors (Lipinski definition) is 3. The third kappa shape index (κ3) is 7.37. The molecule has 0 aliphatic heterocycles. The number of benzene rings is 3. The molecule has 4 N–H and O–H groups in total. The molecule has 8 heteroatoms. The Morgan fingerprint density at radius 3 is 2.31 bits per heavy atom. The minimum absolute atomic E-state index is 0. The second-order valence-electron chi connectivity index (χ2n) is 8.52. The molecular weight excluding hydrogens is 478 g/mol. The molecule has 3 aromatic carbocycles. The molecule has 36 heavy (non-hydrogen) atoms. The number of nitrogens with two attached hydrogens (primary N) is 1. The van der Waals surface area contributed by atoms with Crippen LogP contribution in [0.5, 0.6) is 0 Å². The molecule has 192 valence electrons. The second-order valence-corrected chi connectivity index (χ2v) is 8.52. The summed E-state index contributed by atoms with van der Waals surface area (Å²) in [7, 11) is 0. The van der Waals surface area contributed by atoms with E-state index in [1.54, 1.807) is 24.3 Å². The standard InChI is InChI=1S/C28H33N3O4.ClH/c1-2-3-6-15-31(26(33)19-32)28(35)25(24-14-13-21-7-4-5-8-23(21)16-24)18-30-27(34)22-11-9-20(17-29)10-12-22;/h4-5,7-14,16,25,32H,2-3,6,15,17-19,29H2,1H3,(H,30,34);1H. The van der Waals surface area contributed by atoms with Crippen LogP contribution in [0.2, 0.25) is 0 Å². The molecule has 0 saturated carbocycles. The Morgan fingerprint density at radius 2 is 1.67 bits per heavy atom. The van der Waals surface area contributed by atoms with Crippen LogP contribution in [-0.2, 0) is 16.1 Å². The number of nitrogens with one attached hydrogen (secondary N) is 1. The number of nitrogens with zero attached hydrogens (tertiary/aromatic N) is 1. The van der Waals surface area contributed by atoms with Crippen LogP contribution in [0.1, 0.15) is 53.6 Å². The van der Waals surface area contributed by atoms with Gasteiger partial charge in [-0.2, -0.15) is 0 Å². The number of hydrogen-bond acceptors (Lipinski definition) is 5. The Hall–Kier alpha value is -3.26. The third-order valence-corrected chi connectivity index (χ3v) is 6.08. The number of carbonyl (C=O) groups is 3. The van der Waals surface area contributed by atoms with Gasteiger partial charge in [0.1, 0.15) is 6.61 Å². The van der Waals surface area contributed by atoms with E-state index in [0.717, 1.165) is 34.1 Å². The van der Waals surface area contributed by atoms with Crippen LogP contribution in [0.25, 0.3) is 10.8 Å². The number of unbranched alkanes of at least 4 members (excludes halogenated alkanes) is 2. The quantitative estimate of drug-likeness (QED) is 0.339. The topological polar surface area (TPSA) is 113 Å². The summed E-state index contributed by atoms with van der Waals surface area (Å²) in [4.78, 5) is 40.0. The molecule has 0 heterocycles. The van der Waals surface area contributed by atoms with Crippen LogP contribution in [-0.4, -0.2) is 47.4 Å². The molecule has 0 aliphatic rings. The summed E-state index contributed by atoms with van der Waals surface area (Å²) in [5.74, 6) is -2.18. The zero-order valence-electron chi connectivity index (χ0n) is 20.5. The molecule has 0 radical (unpaired) electrons. The predicted octanol–water partition coefficient (Wildman–Crippen LogP) is 3.77. The number of amides is 3. The predicted molar refractivity (Wildman–Crippen MR) is 144 cm³/mol. The molecule has 1 atom stereocenters. The lowest BCUT2D eigenvalue weighted by Crippen LogP contribution is -2.45. The first-order chi connectivity index (χ1) is 17.0. The minimum atomic E-state index is -0.788. The van der Waals surface area contributed by atoms with Crippen molar-refractivity contribution in [2.75, 3.05) is 19.7 Å². The van der Waals surface area contributed by atoms with Gasteiger partial charge in [0, 0.05) is 25.2 Å². The number of aliphatic hydroxyl groups excluding tert-OH is 1. The summed E-state index contributed by atoms with van der Waals surface area (Å²) in [5.41, 5.74) is 7.69. The molecule has 0 spiro atoms. The fourth-order valence-electron chi connectivity index (χ4n) is 4.01. The number of fused-ring (bicyclic) bond motifs is 1. The molecule has 7 nitrogen and oxygen atoms in total. The number of rotatable bonds is 11. The summed E-state index contributed by atoms with van der Waals surface area (Å²) in [5, 5.41) is 14.3. The smallest absolute Gasteiger partial charge is 0.254 e. The molecule has 3 rings (SSSR count). The summed E-state index contributed by atoms with van der Waals surface area (Å²) in [6.07, 6.45) is 2.44. The Balaban J connectivity index is 0.00000456. The summed E-state index contributed by atoms with van der Waals surface area (Å²) in [6.45, 7) is 1.91. The van der Waals surface area contributed by atoms with Gasteiger partial charge in [-0.25, -0.2) is 0 Å². The van der Waals surface area contributed by atoms with Gasteiger partial charge >= 0.3 is 0 Å². The highest BCUT2D eigenvalue weighted by Crippen LogP contribution is 2.24. The number of carbonyl (C=O) groups excluding carboxylic acids is 3. The monoisotopic (exact) mass is 511 g/mol. The zero-order chi connectivity index (χ0) is 25.2. The normalized spacial score (nSPS) is 11.4. The number of halogens is 1. The van der Waals surface area contributed by atoms with Crippen molar-refractivity contribution in [3.8, 4) is 0 Å². The van der Waals surface area contributed by atoms with Gasteiger partial charge in [0.05, 0.1) is 5.92 Å². The van der Waals surface area contributed by atoms with Gasteiger partial charge in [0.25, 0.3) is 11.8 Å². The molecule has 3 amide bonds. The lowest BCUT2D eigenvalue weighted by Gasteiger charge is -2.26. The van der Waals surface area contributed by atoms with Crippen molar-refractivity contribution < 1.29 is 19.5 Å². The first-order valence-corrected chi connectivity index (χ1v) is 12.0. The van der Waals surface area contributed by atoms with E-state index in [9.17, 15) is 19.5 Å². The largest absolute Gasteiger partial charge is 0.387 e. The molecule has 0 aliphatic carbocycles. The third-order valence-electron chi connectivity index (χ3n) is 6.08. The highest BCUT2D eigenvalue weighted by atomic mass is 35.5. The van der Waals surface area contributed by atoms with Crippen LogP contribution >= 0.6 is 12.4 Å². The average Bonchev–Trinajstić information content (AvgIpc) is 2.90. The Bertz CT molecular complexity index is 1170. The fraction of sp³-hybridized carbons (Fsp3) is 0.321. The van der Waals surface area contributed by atoms with E-state index in [0.29, 0.717) is 24.1 Å². The zero-order valence-corrected chi connectivity index (χ0v) is 21.3. The van der Waals surface area contributed by atoms with E-state index >= 15 is 0 Å². The number of aliphatic hydroxyl groups is 1. The van der Waals surface area contributed by atoms with E-state index in [1.165, 1.54) is 0 Å². The molecular formula is C28H34ClN3O4. The lowest BCUT2D eigenvalue weighted by molar-refractivity contribution is -0.147. The van der Waals surface area contributed by atoms with E-state index in [4.69, 9.17) is 5.73 Å². The van der Waals surface area contributed by atoms with E-state index in [2.05, 4.69) is 5.32 Å². The Morgan fingerprint density at radius 1 is 0.972 bits per heavy atom. The number of imide groups is 1. The van der Waals surface area contributed by atoms with E-state index in [-0.39, 0.29) is 31.4 Å². The van der Waals surface area contributed by atoms with Crippen molar-refractivity contribution in [1.29, 1.82) is 0 Å². The summed E-state index contributed by atoms with van der Waals surface area (Å²) in [6, 6.07) is 20.4. The van der Waals surface area contributed by atoms with Crippen molar-refractivity contribution >= 4 is 40.9 Å². The Labute approximate surface area is 218 Å². The highest BCUT2D eigenvalue weighted by Gasteiger charge is 2.30. The first-order valence-electron chi connectivity index (χ1n) is 12.0. The molecule has 1 unspecified atom stereocenters. The van der Waals surface area contributed by atoms with E-state index in [1.807, 2.05) is 49.4 Å². The van der Waals surface area contributed by atoms with Crippen LogP contribution in [0, 0.1) is 0 Å². The van der Waals surface area contributed by atoms with Gasteiger partial charge in [-0.15, -0.1) is 12.4 Å². The summed E-state index contributed by atoms with van der Waals surface area (Å²) < 4.78 is 0. The van der Waals surface area contributed by atoms with Crippen molar-refractivity contribution in [2.24, 2.45) is 5.73 Å². The maximum Gasteiger partial charge on any atom is 0.254 e. The summed E-state index contributed by atoms with van der Waals surface area (Å²) >= 11 is 0. The van der Waals surface area contributed by atoms with E-state index < -0.39 is 24.3 Å². The van der Waals surface area contributed by atoms with Gasteiger partial charge in [0.15, 0.2) is 0 Å². The minimum Gasteiger partial charge on any atom is -0.387 e. The lowest BCUT2D eigenvalue weighted by atomic mass is 9.94. The van der Waals surface area contributed by atoms with Crippen molar-refractivity contribution in [3.63, 3.8) is 0 Å². The molecule has 3 aromatic rings. The molecule has 0 fully saturated rings.